The Morgan fingerprint density at radius 3 is 2.39 bits per heavy atom. The predicted molar refractivity (Wildman–Crippen MR) is 89.7 cm³/mol. The molecular weight excluding hydrogens is 314 g/mol. The molecule has 1 atom stereocenters. The molecule has 1 saturated heterocycles. The van der Waals surface area contributed by atoms with Gasteiger partial charge in [-0.25, -0.2) is 13.2 Å². The van der Waals surface area contributed by atoms with Gasteiger partial charge in [0.25, 0.3) is 0 Å². The Hall–Kier alpha value is -1.60. The van der Waals surface area contributed by atoms with Crippen molar-refractivity contribution < 1.29 is 13.2 Å². The Morgan fingerprint density at radius 1 is 1.17 bits per heavy atom. The number of amides is 2. The molecule has 1 aromatic carbocycles. The Kier molecular flexibility index (Phi) is 5.64. The van der Waals surface area contributed by atoms with Crippen molar-refractivity contribution in [2.45, 2.75) is 37.5 Å². The molecule has 0 aromatic heterocycles. The van der Waals surface area contributed by atoms with Crippen LogP contribution in [-0.2, 0) is 10.0 Å². The van der Waals surface area contributed by atoms with Crippen LogP contribution in [0.5, 0.6) is 0 Å². The monoisotopic (exact) mass is 339 g/mol. The zero-order chi connectivity index (χ0) is 17.0. The quantitative estimate of drug-likeness (QED) is 0.910. The van der Waals surface area contributed by atoms with Crippen LogP contribution in [0.2, 0.25) is 0 Å². The second kappa shape index (κ2) is 7.31. The number of carbonyl (C=O) groups excluding carboxylic acids is 1. The minimum absolute atomic E-state index is 0.276. The Balaban J connectivity index is 2.16. The van der Waals surface area contributed by atoms with Crippen molar-refractivity contribution in [1.29, 1.82) is 0 Å². The molecule has 0 spiro atoms. The first-order chi connectivity index (χ1) is 10.9. The van der Waals surface area contributed by atoms with Crippen molar-refractivity contribution in [2.24, 2.45) is 5.73 Å². The number of urea groups is 1. The van der Waals surface area contributed by atoms with Crippen molar-refractivity contribution in [3.8, 4) is 0 Å². The molecule has 1 heterocycles. The summed E-state index contributed by atoms with van der Waals surface area (Å²) < 4.78 is 27.0. The highest BCUT2D eigenvalue weighted by Crippen LogP contribution is 2.23. The predicted octanol–water partition coefficient (Wildman–Crippen LogP) is 1.98. The van der Waals surface area contributed by atoms with Crippen LogP contribution in [-0.4, -0.2) is 49.8 Å². The van der Waals surface area contributed by atoms with Crippen LogP contribution in [0.4, 0.5) is 4.79 Å². The van der Waals surface area contributed by atoms with Crippen LogP contribution in [0.3, 0.4) is 0 Å². The maximum absolute atomic E-state index is 12.8. The van der Waals surface area contributed by atoms with Crippen molar-refractivity contribution in [1.82, 2.24) is 9.21 Å². The van der Waals surface area contributed by atoms with E-state index in [0.717, 1.165) is 12.0 Å². The van der Waals surface area contributed by atoms with Gasteiger partial charge >= 0.3 is 6.03 Å². The number of nitrogens with zero attached hydrogens (tertiary/aromatic N) is 2. The van der Waals surface area contributed by atoms with Crippen LogP contribution < -0.4 is 5.73 Å². The topological polar surface area (TPSA) is 83.7 Å². The van der Waals surface area contributed by atoms with E-state index in [1.54, 1.807) is 12.1 Å². The lowest BCUT2D eigenvalue weighted by Gasteiger charge is -2.21. The lowest BCUT2D eigenvalue weighted by Crippen LogP contribution is -2.39. The molecule has 23 heavy (non-hydrogen) atoms. The van der Waals surface area contributed by atoms with E-state index >= 15 is 0 Å². The molecule has 0 unspecified atom stereocenters. The number of primary amides is 1. The summed E-state index contributed by atoms with van der Waals surface area (Å²) >= 11 is 0. The highest BCUT2D eigenvalue weighted by atomic mass is 32.2. The molecule has 1 aliphatic rings. The summed E-state index contributed by atoms with van der Waals surface area (Å²) in [5, 5.41) is 0. The van der Waals surface area contributed by atoms with Gasteiger partial charge in [0.1, 0.15) is 0 Å². The first-order valence-electron chi connectivity index (χ1n) is 8.00. The fourth-order valence-electron chi connectivity index (χ4n) is 2.71. The minimum atomic E-state index is -3.53. The first-order valence-corrected chi connectivity index (χ1v) is 9.44. The molecule has 2 rings (SSSR count). The van der Waals surface area contributed by atoms with Crippen molar-refractivity contribution in [3.05, 3.63) is 29.8 Å². The number of carbonyl (C=O) groups is 1. The van der Waals surface area contributed by atoms with Crippen molar-refractivity contribution in [2.75, 3.05) is 26.2 Å². The number of benzene rings is 1. The lowest BCUT2D eigenvalue weighted by atomic mass is 9.99. The molecule has 0 bridgehead atoms. The Labute approximate surface area is 138 Å². The van der Waals surface area contributed by atoms with Gasteiger partial charge in [0.05, 0.1) is 4.90 Å². The molecular formula is C16H25N3O3S. The second-order valence-electron chi connectivity index (χ2n) is 5.96. The number of rotatable bonds is 4. The van der Waals surface area contributed by atoms with Crippen LogP contribution in [0.1, 0.15) is 38.2 Å². The largest absolute Gasteiger partial charge is 0.351 e. The molecule has 7 heteroatoms. The SMILES string of the molecule is CC[C@@H](C)c1ccc(S(=O)(=O)N2CCCN(C(N)=O)CC2)cc1. The van der Waals surface area contributed by atoms with Crippen molar-refractivity contribution >= 4 is 16.1 Å². The zero-order valence-corrected chi connectivity index (χ0v) is 14.6. The van der Waals surface area contributed by atoms with E-state index in [0.29, 0.717) is 36.9 Å². The third-order valence-corrected chi connectivity index (χ3v) is 6.38. The van der Waals surface area contributed by atoms with E-state index in [-0.39, 0.29) is 6.54 Å². The molecule has 2 N–H and O–H groups in total. The summed E-state index contributed by atoms with van der Waals surface area (Å²) in [6.07, 6.45) is 1.61. The van der Waals surface area contributed by atoms with Gasteiger partial charge in [-0.15, -0.1) is 0 Å². The molecule has 0 radical (unpaired) electrons. The molecule has 1 aromatic rings. The van der Waals surface area contributed by atoms with Crippen LogP contribution in [0.25, 0.3) is 0 Å². The van der Waals surface area contributed by atoms with Crippen molar-refractivity contribution in [3.63, 3.8) is 0 Å². The number of hydrogen-bond acceptors (Lipinski definition) is 3. The van der Waals surface area contributed by atoms with Gasteiger partial charge in [-0.1, -0.05) is 26.0 Å². The van der Waals surface area contributed by atoms with E-state index < -0.39 is 16.1 Å². The van der Waals surface area contributed by atoms with Crippen LogP contribution in [0, 0.1) is 0 Å². The summed E-state index contributed by atoms with van der Waals surface area (Å²) in [5.74, 6) is 0.411. The summed E-state index contributed by atoms with van der Waals surface area (Å²) in [5.41, 5.74) is 6.42. The normalized spacial score (nSPS) is 18.4. The summed E-state index contributed by atoms with van der Waals surface area (Å²) in [4.78, 5) is 13.0. The Morgan fingerprint density at radius 2 is 1.83 bits per heavy atom. The molecule has 1 fully saturated rings. The number of nitrogens with two attached hydrogens (primary N) is 1. The molecule has 2 amide bonds. The maximum atomic E-state index is 12.8. The van der Waals surface area contributed by atoms with Gasteiger partial charge in [0, 0.05) is 26.2 Å². The van der Waals surface area contributed by atoms with E-state index in [1.165, 1.54) is 9.21 Å². The van der Waals surface area contributed by atoms with E-state index in [4.69, 9.17) is 5.73 Å². The number of hydrogen-bond donors (Lipinski definition) is 1. The highest BCUT2D eigenvalue weighted by Gasteiger charge is 2.27. The summed E-state index contributed by atoms with van der Waals surface area (Å²) in [7, 11) is -3.53. The average molecular weight is 339 g/mol. The van der Waals surface area contributed by atoms with Gasteiger partial charge < -0.3 is 10.6 Å². The highest BCUT2D eigenvalue weighted by molar-refractivity contribution is 7.89. The molecule has 128 valence electrons. The summed E-state index contributed by atoms with van der Waals surface area (Å²) in [6.45, 7) is 5.74. The molecule has 6 nitrogen and oxygen atoms in total. The van der Waals surface area contributed by atoms with Gasteiger partial charge in [0.15, 0.2) is 0 Å². The van der Waals surface area contributed by atoms with Gasteiger partial charge in [-0.2, -0.15) is 4.31 Å². The third-order valence-electron chi connectivity index (χ3n) is 4.47. The lowest BCUT2D eigenvalue weighted by molar-refractivity contribution is 0.210. The fourth-order valence-corrected chi connectivity index (χ4v) is 4.18. The number of sulfonamides is 1. The van der Waals surface area contributed by atoms with E-state index in [9.17, 15) is 13.2 Å². The van der Waals surface area contributed by atoms with Gasteiger partial charge in [0.2, 0.25) is 10.0 Å². The maximum Gasteiger partial charge on any atom is 0.314 e. The van der Waals surface area contributed by atoms with E-state index in [1.807, 2.05) is 12.1 Å². The standard InChI is InChI=1S/C16H25N3O3S/c1-3-13(2)14-5-7-15(8-6-14)23(21,22)19-10-4-9-18(11-12-19)16(17)20/h5-8,13H,3-4,9-12H2,1-2H3,(H2,17,20)/t13-/m1/s1. The van der Waals surface area contributed by atoms with Crippen LogP contribution >= 0.6 is 0 Å². The molecule has 0 aliphatic carbocycles. The van der Waals surface area contributed by atoms with Gasteiger partial charge in [-0.3, -0.25) is 0 Å². The van der Waals surface area contributed by atoms with Crippen LogP contribution in [0.15, 0.2) is 29.2 Å². The smallest absolute Gasteiger partial charge is 0.314 e. The van der Waals surface area contributed by atoms with E-state index in [2.05, 4.69) is 13.8 Å². The Bertz CT molecular complexity index is 643. The zero-order valence-electron chi connectivity index (χ0n) is 13.7. The fraction of sp³-hybridized carbons (Fsp3) is 0.562. The van der Waals surface area contributed by atoms with Gasteiger partial charge in [-0.05, 0) is 36.5 Å². The summed E-state index contributed by atoms with van der Waals surface area (Å²) in [6, 6.07) is 6.62. The average Bonchev–Trinajstić information content (AvgIpc) is 2.81. The molecule has 0 saturated carbocycles. The third kappa shape index (κ3) is 4.03. The first kappa shape index (κ1) is 17.7. The minimum Gasteiger partial charge on any atom is -0.351 e. The molecule has 1 aliphatic heterocycles. The second-order valence-corrected chi connectivity index (χ2v) is 7.90.